The molecule has 2 aromatic carbocycles. The van der Waals surface area contributed by atoms with Crippen molar-refractivity contribution in [1.82, 2.24) is 10.2 Å². The highest BCUT2D eigenvalue weighted by Crippen LogP contribution is 2.30. The number of rotatable bonds is 7. The third-order valence-electron chi connectivity index (χ3n) is 4.82. The second-order valence-corrected chi connectivity index (χ2v) is 6.97. The van der Waals surface area contributed by atoms with E-state index in [9.17, 15) is 14.4 Å². The summed E-state index contributed by atoms with van der Waals surface area (Å²) in [5.41, 5.74) is 1.35. The Labute approximate surface area is 184 Å². The van der Waals surface area contributed by atoms with Crippen molar-refractivity contribution in [3.8, 4) is 11.5 Å². The summed E-state index contributed by atoms with van der Waals surface area (Å²) in [6.45, 7) is 0.235. The van der Waals surface area contributed by atoms with E-state index in [-0.39, 0.29) is 12.1 Å². The van der Waals surface area contributed by atoms with E-state index in [1.807, 2.05) is 30.3 Å². The normalized spacial score (nSPS) is 15.1. The zero-order chi connectivity index (χ0) is 22.5. The Bertz CT molecular complexity index is 1170. The molecule has 8 heteroatoms. The van der Waals surface area contributed by atoms with E-state index < -0.39 is 17.8 Å². The Morgan fingerprint density at radius 1 is 1.00 bits per heavy atom. The molecule has 0 atom stereocenters. The predicted molar refractivity (Wildman–Crippen MR) is 115 cm³/mol. The Hall–Kier alpha value is -4.33. The van der Waals surface area contributed by atoms with Gasteiger partial charge >= 0.3 is 6.03 Å². The van der Waals surface area contributed by atoms with Crippen LogP contribution in [-0.2, 0) is 22.7 Å². The molecule has 0 radical (unpaired) electrons. The zero-order valence-corrected chi connectivity index (χ0v) is 17.2. The van der Waals surface area contributed by atoms with Gasteiger partial charge in [-0.05, 0) is 41.5 Å². The molecule has 0 spiro atoms. The summed E-state index contributed by atoms with van der Waals surface area (Å²) < 4.78 is 16.5. The lowest BCUT2D eigenvalue weighted by atomic mass is 10.1. The van der Waals surface area contributed by atoms with E-state index in [0.717, 1.165) is 10.5 Å². The topological polar surface area (TPSA) is 98.1 Å². The van der Waals surface area contributed by atoms with E-state index >= 15 is 0 Å². The van der Waals surface area contributed by atoms with Crippen LogP contribution in [0, 0.1) is 0 Å². The van der Waals surface area contributed by atoms with Crippen LogP contribution in [0.3, 0.4) is 0 Å². The van der Waals surface area contributed by atoms with E-state index in [4.69, 9.17) is 13.9 Å². The number of carbonyl (C=O) groups excluding carboxylic acids is 3. The van der Waals surface area contributed by atoms with Crippen molar-refractivity contribution >= 4 is 23.9 Å². The molecule has 1 saturated heterocycles. The van der Waals surface area contributed by atoms with Crippen molar-refractivity contribution in [2.75, 3.05) is 7.11 Å². The monoisotopic (exact) mass is 432 g/mol. The maximum absolute atomic E-state index is 12.9. The van der Waals surface area contributed by atoms with Gasteiger partial charge < -0.3 is 13.9 Å². The number of hydrogen-bond acceptors (Lipinski definition) is 6. The van der Waals surface area contributed by atoms with Gasteiger partial charge in [-0.1, -0.05) is 36.4 Å². The average Bonchev–Trinajstić information content (AvgIpc) is 3.32. The van der Waals surface area contributed by atoms with Crippen molar-refractivity contribution in [2.24, 2.45) is 0 Å². The van der Waals surface area contributed by atoms with Crippen LogP contribution in [0.1, 0.15) is 16.9 Å². The minimum atomic E-state index is -0.796. The van der Waals surface area contributed by atoms with Crippen molar-refractivity contribution in [1.29, 1.82) is 0 Å². The first-order valence-electron chi connectivity index (χ1n) is 9.81. The summed E-state index contributed by atoms with van der Waals surface area (Å²) in [6, 6.07) is 17.2. The summed E-state index contributed by atoms with van der Waals surface area (Å²) in [5, 5.41) is 2.19. The molecule has 8 nitrogen and oxygen atoms in total. The van der Waals surface area contributed by atoms with Gasteiger partial charge in [-0.15, -0.1) is 0 Å². The SMILES string of the molecule is COc1ccc(/C=C2\C(=O)NC(=O)N(Cc3ccco3)C2=O)cc1OCc1ccccc1. The fourth-order valence-corrected chi connectivity index (χ4v) is 3.19. The first kappa shape index (κ1) is 20.9. The molecule has 162 valence electrons. The number of amides is 4. The largest absolute Gasteiger partial charge is 0.493 e. The molecule has 0 saturated carbocycles. The lowest BCUT2D eigenvalue weighted by molar-refractivity contribution is -0.130. The molecule has 4 rings (SSSR count). The Balaban J connectivity index is 1.59. The molecular formula is C24H20N2O6. The second-order valence-electron chi connectivity index (χ2n) is 6.97. The second kappa shape index (κ2) is 9.22. The lowest BCUT2D eigenvalue weighted by Gasteiger charge is -2.25. The molecule has 32 heavy (non-hydrogen) atoms. The molecule has 1 aliphatic heterocycles. The molecule has 2 heterocycles. The minimum absolute atomic E-state index is 0.0870. The summed E-state index contributed by atoms with van der Waals surface area (Å²) in [5.74, 6) is -0.0887. The number of benzene rings is 2. The standard InChI is InChI=1S/C24H20N2O6/c1-30-20-10-9-17(13-21(20)32-15-16-6-3-2-4-7-16)12-19-22(27)25-24(29)26(23(19)28)14-18-8-5-11-31-18/h2-13H,14-15H2,1H3,(H,25,27,29)/b19-12+. The summed E-state index contributed by atoms with van der Waals surface area (Å²) in [7, 11) is 1.53. The fourth-order valence-electron chi connectivity index (χ4n) is 3.19. The Kier molecular flexibility index (Phi) is 6.03. The van der Waals surface area contributed by atoms with Crippen molar-refractivity contribution in [3.05, 3.63) is 89.4 Å². The quantitative estimate of drug-likeness (QED) is 0.453. The van der Waals surface area contributed by atoms with Crippen LogP contribution in [0.2, 0.25) is 0 Å². The van der Waals surface area contributed by atoms with Gasteiger partial charge in [0, 0.05) is 0 Å². The van der Waals surface area contributed by atoms with Crippen LogP contribution in [0.5, 0.6) is 11.5 Å². The van der Waals surface area contributed by atoms with Crippen molar-refractivity contribution in [2.45, 2.75) is 13.2 Å². The average molecular weight is 432 g/mol. The van der Waals surface area contributed by atoms with Gasteiger partial charge in [0.25, 0.3) is 11.8 Å². The molecule has 4 amide bonds. The molecule has 1 fully saturated rings. The molecule has 0 bridgehead atoms. The molecule has 1 N–H and O–H groups in total. The number of nitrogens with one attached hydrogen (secondary N) is 1. The van der Waals surface area contributed by atoms with Gasteiger partial charge in [-0.3, -0.25) is 19.8 Å². The number of hydrogen-bond donors (Lipinski definition) is 1. The van der Waals surface area contributed by atoms with Gasteiger partial charge in [0.2, 0.25) is 0 Å². The van der Waals surface area contributed by atoms with Crippen LogP contribution in [-0.4, -0.2) is 29.9 Å². The third kappa shape index (κ3) is 4.54. The van der Waals surface area contributed by atoms with Gasteiger partial charge in [0.15, 0.2) is 11.5 Å². The number of barbiturate groups is 1. The third-order valence-corrected chi connectivity index (χ3v) is 4.82. The highest BCUT2D eigenvalue weighted by molar-refractivity contribution is 6.30. The lowest BCUT2D eigenvalue weighted by Crippen LogP contribution is -2.53. The van der Waals surface area contributed by atoms with Crippen molar-refractivity contribution < 1.29 is 28.3 Å². The van der Waals surface area contributed by atoms with Gasteiger partial charge in [-0.2, -0.15) is 0 Å². The fraction of sp³-hybridized carbons (Fsp3) is 0.125. The van der Waals surface area contributed by atoms with Gasteiger partial charge in [-0.25, -0.2) is 4.79 Å². The highest BCUT2D eigenvalue weighted by Gasteiger charge is 2.36. The molecule has 3 aromatic rings. The number of urea groups is 1. The van der Waals surface area contributed by atoms with Gasteiger partial charge in [0.05, 0.1) is 19.9 Å². The number of methoxy groups -OCH3 is 1. The van der Waals surface area contributed by atoms with Crippen molar-refractivity contribution in [3.63, 3.8) is 0 Å². The number of nitrogens with zero attached hydrogens (tertiary/aromatic N) is 1. The van der Waals surface area contributed by atoms with Crippen LogP contribution < -0.4 is 14.8 Å². The Morgan fingerprint density at radius 2 is 1.81 bits per heavy atom. The van der Waals surface area contributed by atoms with Crippen LogP contribution in [0.4, 0.5) is 4.79 Å². The number of carbonyl (C=O) groups is 3. The predicted octanol–water partition coefficient (Wildman–Crippen LogP) is 3.53. The van der Waals surface area contributed by atoms with Crippen LogP contribution in [0.25, 0.3) is 6.08 Å². The molecule has 1 aliphatic rings. The first-order chi connectivity index (χ1) is 15.5. The number of furan rings is 1. The highest BCUT2D eigenvalue weighted by atomic mass is 16.5. The first-order valence-corrected chi connectivity index (χ1v) is 9.81. The summed E-state index contributed by atoms with van der Waals surface area (Å²) >= 11 is 0. The van der Waals surface area contributed by atoms with Gasteiger partial charge in [0.1, 0.15) is 17.9 Å². The number of imide groups is 2. The summed E-state index contributed by atoms with van der Waals surface area (Å²) in [4.78, 5) is 38.3. The van der Waals surface area contributed by atoms with Crippen LogP contribution in [0.15, 0.2) is 76.9 Å². The summed E-state index contributed by atoms with van der Waals surface area (Å²) in [6.07, 6.45) is 2.85. The van der Waals surface area contributed by atoms with E-state index in [1.54, 1.807) is 30.3 Å². The smallest absolute Gasteiger partial charge is 0.331 e. The van der Waals surface area contributed by atoms with Crippen LogP contribution >= 0.6 is 0 Å². The molecule has 1 aromatic heterocycles. The minimum Gasteiger partial charge on any atom is -0.493 e. The number of ether oxygens (including phenoxy) is 2. The van der Waals surface area contributed by atoms with E-state index in [0.29, 0.717) is 29.4 Å². The zero-order valence-electron chi connectivity index (χ0n) is 17.2. The molecule has 0 aliphatic carbocycles. The molecular weight excluding hydrogens is 412 g/mol. The maximum Gasteiger partial charge on any atom is 0.331 e. The maximum atomic E-state index is 12.9. The van der Waals surface area contributed by atoms with E-state index in [2.05, 4.69) is 5.32 Å². The molecule has 0 unspecified atom stereocenters. The Morgan fingerprint density at radius 3 is 2.53 bits per heavy atom. The van der Waals surface area contributed by atoms with E-state index in [1.165, 1.54) is 19.4 Å².